The van der Waals surface area contributed by atoms with Crippen molar-refractivity contribution < 1.29 is 23.1 Å². The SMILES string of the molecule is CNS(=O)(=O)c1ccc(-c2c(C)nc(C)c(C(OC(C)(C)C)C(=O)O)c2N2CCC(C)(C)CC2)cc1. The van der Waals surface area contributed by atoms with Gasteiger partial charge in [0.15, 0.2) is 6.10 Å². The number of ether oxygens (including phenoxy) is 1. The van der Waals surface area contributed by atoms with Gasteiger partial charge in [0.25, 0.3) is 0 Å². The zero-order chi connectivity index (χ0) is 27.1. The second-order valence-corrected chi connectivity index (χ2v) is 13.1. The maximum atomic E-state index is 12.5. The van der Waals surface area contributed by atoms with E-state index in [0.29, 0.717) is 11.3 Å². The number of benzene rings is 1. The molecule has 0 aliphatic carbocycles. The summed E-state index contributed by atoms with van der Waals surface area (Å²) in [6.45, 7) is 15.3. The van der Waals surface area contributed by atoms with Gasteiger partial charge >= 0.3 is 5.97 Å². The second kappa shape index (κ2) is 10.1. The lowest BCUT2D eigenvalue weighted by Gasteiger charge is -2.41. The van der Waals surface area contributed by atoms with Crippen molar-refractivity contribution in [1.29, 1.82) is 0 Å². The second-order valence-electron chi connectivity index (χ2n) is 11.3. The molecule has 1 saturated heterocycles. The minimum absolute atomic E-state index is 0.160. The number of aliphatic carboxylic acids is 1. The van der Waals surface area contributed by atoms with Crippen molar-refractivity contribution in [2.45, 2.75) is 77.9 Å². The number of nitrogens with zero attached hydrogens (tertiary/aromatic N) is 2. The van der Waals surface area contributed by atoms with Crippen LogP contribution in [-0.4, -0.2) is 50.2 Å². The van der Waals surface area contributed by atoms with Crippen LogP contribution in [0.3, 0.4) is 0 Å². The Hall–Kier alpha value is -2.49. The van der Waals surface area contributed by atoms with Crippen LogP contribution >= 0.6 is 0 Å². The van der Waals surface area contributed by atoms with Crippen LogP contribution in [0.5, 0.6) is 0 Å². The van der Waals surface area contributed by atoms with Gasteiger partial charge in [-0.3, -0.25) is 4.98 Å². The first-order chi connectivity index (χ1) is 16.6. The lowest BCUT2D eigenvalue weighted by Crippen LogP contribution is -2.39. The zero-order valence-electron chi connectivity index (χ0n) is 22.6. The van der Waals surface area contributed by atoms with E-state index in [4.69, 9.17) is 9.72 Å². The Morgan fingerprint density at radius 1 is 1.11 bits per heavy atom. The highest BCUT2D eigenvalue weighted by atomic mass is 32.2. The molecule has 198 valence electrons. The molecule has 2 aromatic rings. The van der Waals surface area contributed by atoms with Crippen molar-refractivity contribution in [2.75, 3.05) is 25.0 Å². The molecule has 0 bridgehead atoms. The van der Waals surface area contributed by atoms with E-state index in [0.717, 1.165) is 48.4 Å². The minimum Gasteiger partial charge on any atom is -0.479 e. The third-order valence-electron chi connectivity index (χ3n) is 6.69. The maximum absolute atomic E-state index is 12.5. The van der Waals surface area contributed by atoms with E-state index in [1.165, 1.54) is 7.05 Å². The van der Waals surface area contributed by atoms with E-state index in [9.17, 15) is 18.3 Å². The summed E-state index contributed by atoms with van der Waals surface area (Å²) in [5.41, 5.74) is 3.79. The standard InChI is InChI=1S/C27H39N3O5S/c1-17-21(19-9-11-20(12-10-19)36(33,34)28-8)23(30-15-13-27(6,7)14-16-30)22(18(2)29-17)24(25(31)32)35-26(3,4)5/h9-12,24,28H,13-16H2,1-8H3,(H,31,32). The number of anilines is 1. The summed E-state index contributed by atoms with van der Waals surface area (Å²) in [6.07, 6.45) is 0.721. The lowest BCUT2D eigenvalue weighted by atomic mass is 9.82. The van der Waals surface area contributed by atoms with Gasteiger partial charge in [-0.05, 0) is 77.6 Å². The predicted molar refractivity (Wildman–Crippen MR) is 142 cm³/mol. The molecule has 1 aromatic carbocycles. The number of hydrogen-bond donors (Lipinski definition) is 2. The Morgan fingerprint density at radius 3 is 2.14 bits per heavy atom. The highest BCUT2D eigenvalue weighted by Crippen LogP contribution is 2.44. The first-order valence-corrected chi connectivity index (χ1v) is 13.8. The number of nitrogens with one attached hydrogen (secondary N) is 1. The van der Waals surface area contributed by atoms with Gasteiger partial charge in [0.05, 0.1) is 16.2 Å². The summed E-state index contributed by atoms with van der Waals surface area (Å²) >= 11 is 0. The maximum Gasteiger partial charge on any atom is 0.337 e. The van der Waals surface area contributed by atoms with E-state index in [1.807, 2.05) is 34.6 Å². The number of hydrogen-bond acceptors (Lipinski definition) is 6. The van der Waals surface area contributed by atoms with Gasteiger partial charge in [-0.2, -0.15) is 0 Å². The van der Waals surface area contributed by atoms with Crippen molar-refractivity contribution >= 4 is 21.7 Å². The van der Waals surface area contributed by atoms with Crippen molar-refractivity contribution in [3.63, 3.8) is 0 Å². The van der Waals surface area contributed by atoms with Gasteiger partial charge in [-0.1, -0.05) is 26.0 Å². The van der Waals surface area contributed by atoms with Gasteiger partial charge in [0.2, 0.25) is 10.0 Å². The monoisotopic (exact) mass is 517 g/mol. The smallest absolute Gasteiger partial charge is 0.337 e. The van der Waals surface area contributed by atoms with E-state index < -0.39 is 27.7 Å². The summed E-state index contributed by atoms with van der Waals surface area (Å²) in [4.78, 5) is 19.7. The Morgan fingerprint density at radius 2 is 1.67 bits per heavy atom. The highest BCUT2D eigenvalue weighted by Gasteiger charge is 2.36. The van der Waals surface area contributed by atoms with Crippen LogP contribution in [-0.2, 0) is 19.6 Å². The molecule has 1 atom stereocenters. The molecule has 2 heterocycles. The molecule has 8 nitrogen and oxygen atoms in total. The third kappa shape index (κ3) is 6.07. The number of piperidine rings is 1. The topological polar surface area (TPSA) is 109 Å². The molecule has 9 heteroatoms. The molecular weight excluding hydrogens is 478 g/mol. The molecule has 0 amide bonds. The van der Waals surface area contributed by atoms with Gasteiger partial charge in [-0.25, -0.2) is 17.9 Å². The number of aryl methyl sites for hydroxylation is 2. The van der Waals surface area contributed by atoms with Crippen molar-refractivity contribution in [1.82, 2.24) is 9.71 Å². The first kappa shape index (κ1) is 28.1. The average Bonchev–Trinajstić information content (AvgIpc) is 2.77. The van der Waals surface area contributed by atoms with Crippen molar-refractivity contribution in [3.05, 3.63) is 41.2 Å². The molecule has 1 fully saturated rings. The Kier molecular flexibility index (Phi) is 7.89. The van der Waals surface area contributed by atoms with Crippen LogP contribution < -0.4 is 9.62 Å². The predicted octanol–water partition coefficient (Wildman–Crippen LogP) is 4.84. The van der Waals surface area contributed by atoms with Crippen molar-refractivity contribution in [2.24, 2.45) is 5.41 Å². The lowest BCUT2D eigenvalue weighted by molar-refractivity contribution is -0.160. The van der Waals surface area contributed by atoms with Gasteiger partial charge < -0.3 is 14.7 Å². The van der Waals surface area contributed by atoms with Gasteiger partial charge in [0.1, 0.15) is 0 Å². The molecule has 3 rings (SSSR count). The third-order valence-corrected chi connectivity index (χ3v) is 8.12. The van der Waals surface area contributed by atoms with E-state index in [1.54, 1.807) is 24.3 Å². The summed E-state index contributed by atoms with van der Waals surface area (Å²) in [6, 6.07) is 6.63. The molecule has 1 unspecified atom stereocenters. The molecule has 0 radical (unpaired) electrons. The minimum atomic E-state index is -3.58. The first-order valence-electron chi connectivity index (χ1n) is 12.3. The fraction of sp³-hybridized carbons (Fsp3) is 0.556. The number of carboxylic acid groups (broad SMARTS) is 1. The zero-order valence-corrected chi connectivity index (χ0v) is 23.4. The van der Waals surface area contributed by atoms with Crippen molar-refractivity contribution in [3.8, 4) is 11.1 Å². The van der Waals surface area contributed by atoms with E-state index in [2.05, 4.69) is 23.5 Å². The molecular formula is C27H39N3O5S. The largest absolute Gasteiger partial charge is 0.479 e. The fourth-order valence-corrected chi connectivity index (χ4v) is 5.40. The normalized spacial score (nSPS) is 17.2. The molecule has 2 N–H and O–H groups in total. The average molecular weight is 518 g/mol. The van der Waals surface area contributed by atoms with Crippen LogP contribution in [0.2, 0.25) is 0 Å². The summed E-state index contributed by atoms with van der Waals surface area (Å²) in [7, 11) is -2.21. The molecule has 1 aliphatic rings. The summed E-state index contributed by atoms with van der Waals surface area (Å²) in [5.74, 6) is -1.07. The van der Waals surface area contributed by atoms with Gasteiger partial charge in [0, 0.05) is 35.6 Å². The van der Waals surface area contributed by atoms with E-state index >= 15 is 0 Å². The number of aromatic nitrogens is 1. The van der Waals surface area contributed by atoms with Crippen LogP contribution in [0.4, 0.5) is 5.69 Å². The summed E-state index contributed by atoms with van der Waals surface area (Å²) in [5, 5.41) is 10.3. The number of carboxylic acids is 1. The van der Waals surface area contributed by atoms with Gasteiger partial charge in [-0.15, -0.1) is 0 Å². The van der Waals surface area contributed by atoms with Crippen LogP contribution in [0.1, 0.15) is 70.5 Å². The Labute approximate surface area is 215 Å². The molecule has 1 aromatic heterocycles. The molecule has 0 spiro atoms. The van der Waals surface area contributed by atoms with Crippen LogP contribution in [0.15, 0.2) is 29.2 Å². The number of sulfonamides is 1. The van der Waals surface area contributed by atoms with Crippen LogP contribution in [0.25, 0.3) is 11.1 Å². The number of carbonyl (C=O) groups is 1. The van der Waals surface area contributed by atoms with E-state index in [-0.39, 0.29) is 10.3 Å². The highest BCUT2D eigenvalue weighted by molar-refractivity contribution is 7.89. The number of rotatable bonds is 7. The quantitative estimate of drug-likeness (QED) is 0.541. The number of pyridine rings is 1. The molecule has 1 aliphatic heterocycles. The molecule has 0 saturated carbocycles. The van der Waals surface area contributed by atoms with Crippen LogP contribution in [0, 0.1) is 19.3 Å². The summed E-state index contributed by atoms with van der Waals surface area (Å²) < 4.78 is 33.0. The fourth-order valence-electron chi connectivity index (χ4n) is 4.67. The Bertz CT molecular complexity index is 1220. The Balaban J connectivity index is 2.29. The molecule has 36 heavy (non-hydrogen) atoms.